The molecule has 0 bridgehead atoms. The largest absolute Gasteiger partial charge is 0.464 e. The highest BCUT2D eigenvalue weighted by molar-refractivity contribution is 14.1. The van der Waals surface area contributed by atoms with Crippen LogP contribution in [0.5, 0.6) is 0 Å². The van der Waals surface area contributed by atoms with Crippen molar-refractivity contribution in [2.24, 2.45) is 0 Å². The Morgan fingerprint density at radius 1 is 1.19 bits per heavy atom. The molecule has 0 saturated heterocycles. The Morgan fingerprint density at radius 3 is 2.50 bits per heavy atom. The third-order valence-electron chi connectivity index (χ3n) is 2.55. The molecule has 0 aliphatic rings. The van der Waals surface area contributed by atoms with Gasteiger partial charge in [-0.15, -0.1) is 0 Å². The summed E-state index contributed by atoms with van der Waals surface area (Å²) in [5, 5.41) is 3.29. The average molecular weight is 327 g/mol. The van der Waals surface area contributed by atoms with Crippen LogP contribution in [0, 0.1) is 10.5 Å². The lowest BCUT2D eigenvalue weighted by molar-refractivity contribution is 0.443. The Kier molecular flexibility index (Phi) is 3.66. The van der Waals surface area contributed by atoms with Crippen molar-refractivity contribution < 1.29 is 4.42 Å². The second-order valence-corrected chi connectivity index (χ2v) is 4.85. The van der Waals surface area contributed by atoms with Gasteiger partial charge < -0.3 is 9.73 Å². The van der Waals surface area contributed by atoms with Crippen LogP contribution < -0.4 is 5.32 Å². The van der Waals surface area contributed by atoms with Crippen LogP contribution >= 0.6 is 22.6 Å². The van der Waals surface area contributed by atoms with Crippen LogP contribution in [0.1, 0.15) is 23.1 Å². The first-order valence-electron chi connectivity index (χ1n) is 5.20. The molecule has 0 spiro atoms. The van der Waals surface area contributed by atoms with E-state index in [-0.39, 0.29) is 6.04 Å². The Balaban J connectivity index is 2.40. The molecule has 2 aromatic rings. The standard InChI is InChI=1S/C13H14INO/c1-9-7-8-12(16-9)13(15-2)10-5-3-4-6-11(10)14/h3-8,13,15H,1-2H3. The molecule has 0 amide bonds. The molecule has 1 heterocycles. The first kappa shape index (κ1) is 11.7. The molecule has 0 aliphatic carbocycles. The van der Waals surface area contributed by atoms with Crippen molar-refractivity contribution in [3.05, 3.63) is 57.1 Å². The molecule has 2 nitrogen and oxygen atoms in total. The maximum absolute atomic E-state index is 5.68. The van der Waals surface area contributed by atoms with Gasteiger partial charge in [-0.3, -0.25) is 0 Å². The van der Waals surface area contributed by atoms with Crippen LogP contribution in [0.25, 0.3) is 0 Å². The molecule has 1 aromatic carbocycles. The number of nitrogens with one attached hydrogen (secondary N) is 1. The molecule has 0 saturated carbocycles. The molecule has 84 valence electrons. The van der Waals surface area contributed by atoms with Crippen molar-refractivity contribution in [2.75, 3.05) is 7.05 Å². The van der Waals surface area contributed by atoms with Crippen molar-refractivity contribution in [3.63, 3.8) is 0 Å². The van der Waals surface area contributed by atoms with Crippen molar-refractivity contribution in [1.82, 2.24) is 5.32 Å². The number of benzene rings is 1. The van der Waals surface area contributed by atoms with Gasteiger partial charge in [0.2, 0.25) is 0 Å². The van der Waals surface area contributed by atoms with Crippen LogP contribution in [0.2, 0.25) is 0 Å². The van der Waals surface area contributed by atoms with Crippen LogP contribution in [-0.4, -0.2) is 7.05 Å². The fourth-order valence-electron chi connectivity index (χ4n) is 1.77. The molecule has 0 aliphatic heterocycles. The van der Waals surface area contributed by atoms with E-state index in [0.717, 1.165) is 11.5 Å². The van der Waals surface area contributed by atoms with Gasteiger partial charge in [-0.2, -0.15) is 0 Å². The van der Waals surface area contributed by atoms with Crippen molar-refractivity contribution in [3.8, 4) is 0 Å². The third-order valence-corrected chi connectivity index (χ3v) is 3.53. The number of furan rings is 1. The Morgan fingerprint density at radius 2 is 1.94 bits per heavy atom. The number of hydrogen-bond acceptors (Lipinski definition) is 2. The zero-order valence-electron chi connectivity index (χ0n) is 9.33. The lowest BCUT2D eigenvalue weighted by atomic mass is 10.1. The van der Waals surface area contributed by atoms with Gasteiger partial charge in [0.1, 0.15) is 11.5 Å². The fraction of sp³-hybridized carbons (Fsp3) is 0.231. The minimum Gasteiger partial charge on any atom is -0.464 e. The van der Waals surface area contributed by atoms with Gasteiger partial charge >= 0.3 is 0 Å². The highest BCUT2D eigenvalue weighted by atomic mass is 127. The zero-order chi connectivity index (χ0) is 11.5. The molecule has 1 atom stereocenters. The molecule has 1 unspecified atom stereocenters. The second kappa shape index (κ2) is 5.01. The monoisotopic (exact) mass is 327 g/mol. The molecule has 0 radical (unpaired) electrons. The molecule has 3 heteroatoms. The normalized spacial score (nSPS) is 12.7. The van der Waals surface area contributed by atoms with Crippen LogP contribution in [-0.2, 0) is 0 Å². The first-order valence-corrected chi connectivity index (χ1v) is 6.28. The maximum Gasteiger partial charge on any atom is 0.125 e. The van der Waals surface area contributed by atoms with Gasteiger partial charge in [-0.1, -0.05) is 18.2 Å². The predicted molar refractivity (Wildman–Crippen MR) is 73.5 cm³/mol. The summed E-state index contributed by atoms with van der Waals surface area (Å²) in [4.78, 5) is 0. The smallest absolute Gasteiger partial charge is 0.125 e. The van der Waals surface area contributed by atoms with Crippen molar-refractivity contribution in [1.29, 1.82) is 0 Å². The topological polar surface area (TPSA) is 25.2 Å². The summed E-state index contributed by atoms with van der Waals surface area (Å²) >= 11 is 2.35. The molecular weight excluding hydrogens is 313 g/mol. The quantitative estimate of drug-likeness (QED) is 0.873. The van der Waals surface area contributed by atoms with E-state index in [1.54, 1.807) is 0 Å². The molecule has 0 fully saturated rings. The summed E-state index contributed by atoms with van der Waals surface area (Å²) in [6.45, 7) is 1.96. The molecular formula is C13H14INO. The average Bonchev–Trinajstić information content (AvgIpc) is 2.69. The summed E-state index contributed by atoms with van der Waals surface area (Å²) in [7, 11) is 1.95. The van der Waals surface area contributed by atoms with E-state index in [9.17, 15) is 0 Å². The van der Waals surface area contributed by atoms with E-state index < -0.39 is 0 Å². The lowest BCUT2D eigenvalue weighted by Crippen LogP contribution is -2.18. The van der Waals surface area contributed by atoms with E-state index in [1.807, 2.05) is 32.2 Å². The highest BCUT2D eigenvalue weighted by Gasteiger charge is 2.17. The fourth-order valence-corrected chi connectivity index (χ4v) is 2.47. The van der Waals surface area contributed by atoms with E-state index in [1.165, 1.54) is 9.13 Å². The van der Waals surface area contributed by atoms with Crippen molar-refractivity contribution >= 4 is 22.6 Å². The molecule has 16 heavy (non-hydrogen) atoms. The van der Waals surface area contributed by atoms with E-state index in [4.69, 9.17) is 4.42 Å². The minimum absolute atomic E-state index is 0.127. The summed E-state index contributed by atoms with van der Waals surface area (Å²) in [5.41, 5.74) is 1.25. The first-order chi connectivity index (χ1) is 7.72. The van der Waals surface area contributed by atoms with E-state index >= 15 is 0 Å². The molecule has 1 N–H and O–H groups in total. The highest BCUT2D eigenvalue weighted by Crippen LogP contribution is 2.26. The van der Waals surface area contributed by atoms with Crippen LogP contribution in [0.15, 0.2) is 40.8 Å². The SMILES string of the molecule is CNC(c1ccc(C)o1)c1ccccc1I. The Labute approximate surface area is 109 Å². The number of rotatable bonds is 3. The second-order valence-electron chi connectivity index (χ2n) is 3.69. The summed E-state index contributed by atoms with van der Waals surface area (Å²) in [6, 6.07) is 12.5. The van der Waals surface area contributed by atoms with Gasteiger partial charge in [-0.05, 0) is 60.3 Å². The molecule has 2 rings (SSSR count). The van der Waals surface area contributed by atoms with Crippen LogP contribution in [0.3, 0.4) is 0 Å². The number of hydrogen-bond donors (Lipinski definition) is 1. The third kappa shape index (κ3) is 2.30. The van der Waals surface area contributed by atoms with E-state index in [2.05, 4.69) is 46.1 Å². The minimum atomic E-state index is 0.127. The van der Waals surface area contributed by atoms with Gasteiger partial charge in [0.15, 0.2) is 0 Å². The predicted octanol–water partition coefficient (Wildman–Crippen LogP) is 3.50. The van der Waals surface area contributed by atoms with Gasteiger partial charge in [0, 0.05) is 3.57 Å². The Hall–Kier alpha value is -0.810. The Bertz CT molecular complexity index is 478. The maximum atomic E-state index is 5.68. The van der Waals surface area contributed by atoms with Gasteiger partial charge in [0.05, 0.1) is 6.04 Å². The number of halogens is 1. The molecule has 1 aromatic heterocycles. The summed E-state index contributed by atoms with van der Waals surface area (Å²) < 4.78 is 6.92. The van der Waals surface area contributed by atoms with E-state index in [0.29, 0.717) is 0 Å². The zero-order valence-corrected chi connectivity index (χ0v) is 11.5. The van der Waals surface area contributed by atoms with Crippen LogP contribution in [0.4, 0.5) is 0 Å². The lowest BCUT2D eigenvalue weighted by Gasteiger charge is -2.15. The summed E-state index contributed by atoms with van der Waals surface area (Å²) in [6.07, 6.45) is 0. The number of aryl methyl sites for hydroxylation is 1. The van der Waals surface area contributed by atoms with Crippen molar-refractivity contribution in [2.45, 2.75) is 13.0 Å². The van der Waals surface area contributed by atoms with Gasteiger partial charge in [0.25, 0.3) is 0 Å². The summed E-state index contributed by atoms with van der Waals surface area (Å²) in [5.74, 6) is 1.91. The van der Waals surface area contributed by atoms with Gasteiger partial charge in [-0.25, -0.2) is 0 Å².